The van der Waals surface area contributed by atoms with Crippen LogP contribution in [0, 0.1) is 31.1 Å². The standard InChI is InChI=1S/C22H25N3O4S/c1-15-4-7-21(16(2)12-15)30(27,28)25-10-8-18(9-11-25)22(26)24-19-13-17(14-23)5-6-20(19)29-3/h4-7,12-13,18H,8-11H2,1-3H3,(H,24,26). The summed E-state index contributed by atoms with van der Waals surface area (Å²) in [6, 6.07) is 12.1. The van der Waals surface area contributed by atoms with Gasteiger partial charge in [-0.2, -0.15) is 9.57 Å². The number of carbonyl (C=O) groups is 1. The quantitative estimate of drug-likeness (QED) is 0.790. The lowest BCUT2D eigenvalue weighted by atomic mass is 9.97. The van der Waals surface area contributed by atoms with Gasteiger partial charge in [-0.25, -0.2) is 8.42 Å². The number of piperidine rings is 1. The van der Waals surface area contributed by atoms with Gasteiger partial charge in [0.2, 0.25) is 15.9 Å². The monoisotopic (exact) mass is 427 g/mol. The van der Waals surface area contributed by atoms with Crippen LogP contribution in [0.15, 0.2) is 41.3 Å². The van der Waals surface area contributed by atoms with Gasteiger partial charge < -0.3 is 10.1 Å². The van der Waals surface area contributed by atoms with Crippen LogP contribution < -0.4 is 10.1 Å². The minimum atomic E-state index is -3.59. The number of sulfonamides is 1. The first-order valence-corrected chi connectivity index (χ1v) is 11.2. The number of anilines is 1. The molecule has 0 unspecified atom stereocenters. The van der Waals surface area contributed by atoms with Crippen molar-refractivity contribution >= 4 is 21.6 Å². The van der Waals surface area contributed by atoms with Crippen molar-refractivity contribution in [1.82, 2.24) is 4.31 Å². The number of ether oxygens (including phenoxy) is 1. The van der Waals surface area contributed by atoms with E-state index in [1.54, 1.807) is 37.3 Å². The number of benzene rings is 2. The molecule has 1 aliphatic heterocycles. The first-order valence-electron chi connectivity index (χ1n) is 9.72. The van der Waals surface area contributed by atoms with Gasteiger partial charge in [-0.1, -0.05) is 17.7 Å². The topological polar surface area (TPSA) is 99.5 Å². The molecule has 1 N–H and O–H groups in total. The van der Waals surface area contributed by atoms with E-state index in [1.165, 1.54) is 11.4 Å². The van der Waals surface area contributed by atoms with Crippen LogP contribution in [0.25, 0.3) is 0 Å². The molecule has 2 aromatic rings. The maximum atomic E-state index is 13.0. The third kappa shape index (κ3) is 4.48. The molecule has 1 aliphatic rings. The highest BCUT2D eigenvalue weighted by molar-refractivity contribution is 7.89. The normalized spacial score (nSPS) is 15.4. The smallest absolute Gasteiger partial charge is 0.243 e. The molecular weight excluding hydrogens is 402 g/mol. The molecule has 0 radical (unpaired) electrons. The largest absolute Gasteiger partial charge is 0.495 e. The highest BCUT2D eigenvalue weighted by Gasteiger charge is 2.33. The molecule has 158 valence electrons. The molecule has 1 amide bonds. The van der Waals surface area contributed by atoms with Crippen molar-refractivity contribution in [3.05, 3.63) is 53.1 Å². The molecule has 2 aromatic carbocycles. The summed E-state index contributed by atoms with van der Waals surface area (Å²) in [7, 11) is -2.10. The van der Waals surface area contributed by atoms with E-state index in [2.05, 4.69) is 5.32 Å². The van der Waals surface area contributed by atoms with Gasteiger partial charge in [0.05, 0.1) is 29.3 Å². The molecule has 0 atom stereocenters. The first kappa shape index (κ1) is 21.8. The van der Waals surface area contributed by atoms with Crippen LogP contribution in [-0.2, 0) is 14.8 Å². The molecule has 0 spiro atoms. The van der Waals surface area contributed by atoms with E-state index in [1.807, 2.05) is 19.1 Å². The van der Waals surface area contributed by atoms with Crippen LogP contribution in [0.1, 0.15) is 29.5 Å². The summed E-state index contributed by atoms with van der Waals surface area (Å²) in [5.74, 6) is -0.0461. The Hall–Kier alpha value is -2.89. The molecule has 1 saturated heterocycles. The van der Waals surface area contributed by atoms with E-state index in [0.29, 0.717) is 34.7 Å². The van der Waals surface area contributed by atoms with Crippen molar-refractivity contribution in [2.45, 2.75) is 31.6 Å². The highest BCUT2D eigenvalue weighted by atomic mass is 32.2. The molecular formula is C22H25N3O4S. The Labute approximate surface area is 177 Å². The van der Waals surface area contributed by atoms with Gasteiger partial charge in [0.1, 0.15) is 5.75 Å². The minimum Gasteiger partial charge on any atom is -0.495 e. The van der Waals surface area contributed by atoms with Gasteiger partial charge >= 0.3 is 0 Å². The Morgan fingerprint density at radius 2 is 1.87 bits per heavy atom. The zero-order valence-electron chi connectivity index (χ0n) is 17.3. The lowest BCUT2D eigenvalue weighted by Crippen LogP contribution is -2.41. The lowest BCUT2D eigenvalue weighted by Gasteiger charge is -2.31. The summed E-state index contributed by atoms with van der Waals surface area (Å²) in [5, 5.41) is 11.9. The zero-order valence-corrected chi connectivity index (χ0v) is 18.1. The molecule has 1 heterocycles. The fourth-order valence-electron chi connectivity index (χ4n) is 3.70. The number of rotatable bonds is 5. The zero-order chi connectivity index (χ0) is 21.9. The second-order valence-electron chi connectivity index (χ2n) is 7.46. The van der Waals surface area contributed by atoms with Crippen LogP contribution in [0.5, 0.6) is 5.75 Å². The van der Waals surface area contributed by atoms with E-state index in [4.69, 9.17) is 10.00 Å². The van der Waals surface area contributed by atoms with Crippen LogP contribution >= 0.6 is 0 Å². The summed E-state index contributed by atoms with van der Waals surface area (Å²) in [4.78, 5) is 13.0. The first-order chi connectivity index (χ1) is 14.3. The van der Waals surface area contributed by atoms with Crippen LogP contribution in [0.4, 0.5) is 5.69 Å². The van der Waals surface area contributed by atoms with Gasteiger partial charge in [-0.3, -0.25) is 4.79 Å². The number of aryl methyl sites for hydroxylation is 2. The van der Waals surface area contributed by atoms with E-state index in [0.717, 1.165) is 11.1 Å². The van der Waals surface area contributed by atoms with Gasteiger partial charge in [-0.15, -0.1) is 0 Å². The third-order valence-corrected chi connectivity index (χ3v) is 7.42. The Morgan fingerprint density at radius 3 is 2.47 bits per heavy atom. The van der Waals surface area contributed by atoms with E-state index >= 15 is 0 Å². The second-order valence-corrected chi connectivity index (χ2v) is 9.37. The SMILES string of the molecule is COc1ccc(C#N)cc1NC(=O)C1CCN(S(=O)(=O)c2ccc(C)cc2C)CC1. The summed E-state index contributed by atoms with van der Waals surface area (Å²) in [6.45, 7) is 4.28. The minimum absolute atomic E-state index is 0.202. The van der Waals surface area contributed by atoms with Crippen molar-refractivity contribution in [3.63, 3.8) is 0 Å². The molecule has 0 aromatic heterocycles. The molecule has 1 fully saturated rings. The van der Waals surface area contributed by atoms with Crippen LogP contribution in [0.3, 0.4) is 0 Å². The maximum Gasteiger partial charge on any atom is 0.243 e. The predicted octanol–water partition coefficient (Wildman–Crippen LogP) is 3.22. The fourth-order valence-corrected chi connectivity index (χ4v) is 5.37. The third-order valence-electron chi connectivity index (χ3n) is 5.36. The molecule has 30 heavy (non-hydrogen) atoms. The van der Waals surface area contributed by atoms with Gasteiger partial charge in [0.15, 0.2) is 0 Å². The highest BCUT2D eigenvalue weighted by Crippen LogP contribution is 2.29. The Morgan fingerprint density at radius 1 is 1.17 bits per heavy atom. The fraction of sp³-hybridized carbons (Fsp3) is 0.364. The van der Waals surface area contributed by atoms with Crippen LogP contribution in [-0.4, -0.2) is 38.8 Å². The number of amides is 1. The summed E-state index contributed by atoms with van der Waals surface area (Å²) in [6.07, 6.45) is 0.854. The van der Waals surface area contributed by atoms with E-state index < -0.39 is 10.0 Å². The average Bonchev–Trinajstić information content (AvgIpc) is 2.73. The Kier molecular flexibility index (Phi) is 6.44. The van der Waals surface area contributed by atoms with Crippen molar-refractivity contribution < 1.29 is 17.9 Å². The van der Waals surface area contributed by atoms with Gasteiger partial charge in [0, 0.05) is 19.0 Å². The summed E-state index contributed by atoms with van der Waals surface area (Å²) >= 11 is 0. The lowest BCUT2D eigenvalue weighted by molar-refractivity contribution is -0.120. The van der Waals surface area contributed by atoms with Gasteiger partial charge in [0.25, 0.3) is 0 Å². The van der Waals surface area contributed by atoms with Crippen molar-refractivity contribution in [2.24, 2.45) is 5.92 Å². The number of nitriles is 1. The molecule has 7 nitrogen and oxygen atoms in total. The number of nitrogens with one attached hydrogen (secondary N) is 1. The van der Waals surface area contributed by atoms with Crippen molar-refractivity contribution in [2.75, 3.05) is 25.5 Å². The number of hydrogen-bond donors (Lipinski definition) is 1. The number of nitrogens with zero attached hydrogens (tertiary/aromatic N) is 2. The molecule has 0 saturated carbocycles. The Balaban J connectivity index is 1.68. The van der Waals surface area contributed by atoms with Crippen molar-refractivity contribution in [3.8, 4) is 11.8 Å². The Bertz CT molecular complexity index is 1100. The summed E-state index contributed by atoms with van der Waals surface area (Å²) in [5.41, 5.74) is 2.59. The second kappa shape index (κ2) is 8.86. The summed E-state index contributed by atoms with van der Waals surface area (Å²) < 4.78 is 32.7. The molecule has 3 rings (SSSR count). The number of hydrogen-bond acceptors (Lipinski definition) is 5. The number of methoxy groups -OCH3 is 1. The molecule has 8 heteroatoms. The average molecular weight is 428 g/mol. The maximum absolute atomic E-state index is 13.0. The van der Waals surface area contributed by atoms with Crippen molar-refractivity contribution in [1.29, 1.82) is 5.26 Å². The van der Waals surface area contributed by atoms with E-state index in [-0.39, 0.29) is 24.9 Å². The molecule has 0 bridgehead atoms. The van der Waals surface area contributed by atoms with Crippen LogP contribution in [0.2, 0.25) is 0 Å². The predicted molar refractivity (Wildman–Crippen MR) is 114 cm³/mol. The van der Waals surface area contributed by atoms with Gasteiger partial charge in [-0.05, 0) is 56.5 Å². The number of carbonyl (C=O) groups excluding carboxylic acids is 1. The van der Waals surface area contributed by atoms with E-state index in [9.17, 15) is 13.2 Å². The molecule has 0 aliphatic carbocycles.